The number of hydrogen-bond acceptors (Lipinski definition) is 4. The van der Waals surface area contributed by atoms with E-state index in [4.69, 9.17) is 34.8 Å². The summed E-state index contributed by atoms with van der Waals surface area (Å²) in [7, 11) is -4.17. The lowest BCUT2D eigenvalue weighted by molar-refractivity contribution is -0.123. The van der Waals surface area contributed by atoms with Gasteiger partial charge < -0.3 is 0 Å². The molecule has 0 radical (unpaired) electrons. The van der Waals surface area contributed by atoms with Gasteiger partial charge in [0.15, 0.2) is 5.54 Å². The maximum atomic E-state index is 12.8. The van der Waals surface area contributed by atoms with Crippen LogP contribution in [0, 0.1) is 0 Å². The molecule has 0 aromatic heterocycles. The molecule has 1 unspecified atom stereocenters. The molecule has 1 amide bonds. The summed E-state index contributed by atoms with van der Waals surface area (Å²) in [5.74, 6) is -0.823. The largest absolute Gasteiger partial charge is 0.270 e. The van der Waals surface area contributed by atoms with Crippen LogP contribution in [0.4, 0.5) is 0 Å². The zero-order chi connectivity index (χ0) is 18.9. The Morgan fingerprint density at radius 2 is 1.69 bits per heavy atom. The van der Waals surface area contributed by atoms with Crippen molar-refractivity contribution in [2.45, 2.75) is 10.4 Å². The summed E-state index contributed by atoms with van der Waals surface area (Å²) in [6, 6.07) is 10.2. The average molecular weight is 430 g/mol. The summed E-state index contributed by atoms with van der Waals surface area (Å²) in [5, 5.41) is 0.754. The molecule has 0 saturated heterocycles. The number of nitrogens with one attached hydrogen (secondary N) is 1. The molecule has 0 spiro atoms. The van der Waals surface area contributed by atoms with Crippen LogP contribution in [0.5, 0.6) is 0 Å². The minimum absolute atomic E-state index is 0.0631. The first-order valence-corrected chi connectivity index (χ1v) is 9.88. The van der Waals surface area contributed by atoms with E-state index in [0.29, 0.717) is 10.6 Å². The fourth-order valence-electron chi connectivity index (χ4n) is 2.43. The topological polar surface area (TPSA) is 75.6 Å². The molecule has 1 heterocycles. The molecule has 0 fully saturated rings. The van der Waals surface area contributed by atoms with Crippen molar-refractivity contribution in [3.63, 3.8) is 0 Å². The van der Waals surface area contributed by atoms with Crippen molar-refractivity contribution in [2.24, 2.45) is 4.99 Å². The van der Waals surface area contributed by atoms with E-state index in [1.165, 1.54) is 30.5 Å². The van der Waals surface area contributed by atoms with Gasteiger partial charge in [-0.25, -0.2) is 13.1 Å². The Labute approximate surface area is 165 Å². The van der Waals surface area contributed by atoms with Crippen LogP contribution in [0.3, 0.4) is 0 Å². The number of hydrogen-bond donors (Lipinski definition) is 1. The highest BCUT2D eigenvalue weighted by molar-refractivity contribution is 7.90. The van der Waals surface area contributed by atoms with Gasteiger partial charge in [-0.1, -0.05) is 46.9 Å². The normalized spacial score (nSPS) is 18.9. The zero-order valence-corrected chi connectivity index (χ0v) is 16.1. The van der Waals surface area contributed by atoms with E-state index in [0.717, 1.165) is 0 Å². The maximum absolute atomic E-state index is 12.8. The van der Waals surface area contributed by atoms with Gasteiger partial charge >= 0.3 is 0 Å². The second kappa shape index (κ2) is 7.04. The number of rotatable bonds is 4. The molecular weight excluding hydrogens is 419 g/mol. The van der Waals surface area contributed by atoms with E-state index in [1.807, 2.05) is 4.72 Å². The standard InChI is InChI=1S/C17H11Cl3N2O3S/c18-12-4-2-11(3-5-12)17(8-1-9-21-17)16(23)22-26(24,25)13-6-7-14(19)15(20)10-13/h1-10H,(H,22,23). The third-order valence-corrected chi connectivity index (χ3v) is 6.08. The van der Waals surface area contributed by atoms with Crippen molar-refractivity contribution in [2.75, 3.05) is 0 Å². The lowest BCUT2D eigenvalue weighted by Gasteiger charge is -2.23. The van der Waals surface area contributed by atoms with E-state index < -0.39 is 21.5 Å². The molecule has 0 saturated carbocycles. The van der Waals surface area contributed by atoms with Gasteiger partial charge in [-0.2, -0.15) is 0 Å². The summed E-state index contributed by atoms with van der Waals surface area (Å²) >= 11 is 17.5. The van der Waals surface area contributed by atoms with Gasteiger partial charge in [-0.05, 0) is 48.0 Å². The third-order valence-electron chi connectivity index (χ3n) is 3.76. The lowest BCUT2D eigenvalue weighted by Crippen LogP contribution is -2.43. The van der Waals surface area contributed by atoms with Crippen LogP contribution < -0.4 is 4.72 Å². The minimum atomic E-state index is -4.17. The van der Waals surface area contributed by atoms with Crippen LogP contribution in [0.1, 0.15) is 5.56 Å². The number of carbonyl (C=O) groups is 1. The first-order valence-electron chi connectivity index (χ1n) is 7.26. The second-order valence-electron chi connectivity index (χ2n) is 5.42. The predicted octanol–water partition coefficient (Wildman–Crippen LogP) is 3.99. The van der Waals surface area contributed by atoms with E-state index in [2.05, 4.69) is 4.99 Å². The molecule has 0 aliphatic carbocycles. The van der Waals surface area contributed by atoms with Gasteiger partial charge in [0, 0.05) is 11.2 Å². The van der Waals surface area contributed by atoms with Crippen LogP contribution in [0.15, 0.2) is 64.5 Å². The Morgan fingerprint density at radius 1 is 1.00 bits per heavy atom. The number of allylic oxidation sites excluding steroid dienone is 1. The average Bonchev–Trinajstić information content (AvgIpc) is 3.08. The Balaban J connectivity index is 1.96. The van der Waals surface area contributed by atoms with Crippen molar-refractivity contribution in [1.29, 1.82) is 0 Å². The van der Waals surface area contributed by atoms with Crippen LogP contribution in [0.2, 0.25) is 15.1 Å². The molecule has 5 nitrogen and oxygen atoms in total. The van der Waals surface area contributed by atoms with Gasteiger partial charge in [0.1, 0.15) is 0 Å². The van der Waals surface area contributed by atoms with Gasteiger partial charge in [-0.3, -0.25) is 9.79 Å². The second-order valence-corrected chi connectivity index (χ2v) is 8.35. The van der Waals surface area contributed by atoms with Crippen molar-refractivity contribution in [1.82, 2.24) is 4.72 Å². The van der Waals surface area contributed by atoms with E-state index in [-0.39, 0.29) is 14.9 Å². The highest BCUT2D eigenvalue weighted by atomic mass is 35.5. The molecular formula is C17H11Cl3N2O3S. The fraction of sp³-hybridized carbons (Fsp3) is 0.0588. The van der Waals surface area contributed by atoms with Crippen LogP contribution in [-0.4, -0.2) is 20.5 Å². The quantitative estimate of drug-likeness (QED) is 0.798. The van der Waals surface area contributed by atoms with Crippen LogP contribution in [-0.2, 0) is 20.4 Å². The number of sulfonamides is 1. The molecule has 9 heteroatoms. The number of halogens is 3. The minimum Gasteiger partial charge on any atom is -0.270 e. The van der Waals surface area contributed by atoms with Crippen molar-refractivity contribution in [3.05, 3.63) is 75.2 Å². The molecule has 0 bridgehead atoms. The molecule has 2 aromatic rings. The van der Waals surface area contributed by atoms with Gasteiger partial charge in [0.25, 0.3) is 15.9 Å². The molecule has 134 valence electrons. The van der Waals surface area contributed by atoms with Crippen LogP contribution >= 0.6 is 34.8 Å². The molecule has 1 atom stereocenters. The zero-order valence-electron chi connectivity index (χ0n) is 13.0. The number of nitrogens with zero attached hydrogens (tertiary/aromatic N) is 1. The highest BCUT2D eigenvalue weighted by Gasteiger charge is 2.41. The SMILES string of the molecule is O=C(NS(=O)(=O)c1ccc(Cl)c(Cl)c1)C1(c2ccc(Cl)cc2)C=CC=N1. The summed E-state index contributed by atoms with van der Waals surface area (Å²) in [6.45, 7) is 0. The molecule has 1 N–H and O–H groups in total. The maximum Gasteiger partial charge on any atom is 0.270 e. The lowest BCUT2D eigenvalue weighted by atomic mass is 9.90. The summed E-state index contributed by atoms with van der Waals surface area (Å²) in [4.78, 5) is 16.8. The highest BCUT2D eigenvalue weighted by Crippen LogP contribution is 2.32. The fourth-order valence-corrected chi connectivity index (χ4v) is 3.96. The van der Waals surface area contributed by atoms with Gasteiger partial charge in [-0.15, -0.1) is 0 Å². The first kappa shape index (κ1) is 18.9. The summed E-state index contributed by atoms with van der Waals surface area (Å²) < 4.78 is 27.2. The molecule has 26 heavy (non-hydrogen) atoms. The monoisotopic (exact) mass is 428 g/mol. The smallest absolute Gasteiger partial charge is 0.270 e. The van der Waals surface area contributed by atoms with Crippen molar-refractivity contribution < 1.29 is 13.2 Å². The Bertz CT molecular complexity index is 1020. The van der Waals surface area contributed by atoms with Gasteiger partial charge in [0.2, 0.25) is 0 Å². The van der Waals surface area contributed by atoms with Crippen LogP contribution in [0.25, 0.3) is 0 Å². The summed E-state index contributed by atoms with van der Waals surface area (Å²) in [6.07, 6.45) is 4.51. The Morgan fingerprint density at radius 3 is 2.27 bits per heavy atom. The van der Waals surface area contributed by atoms with Crippen molar-refractivity contribution >= 4 is 56.9 Å². The number of aliphatic imine (C=N–C) groups is 1. The Kier molecular flexibility index (Phi) is 5.12. The van der Waals surface area contributed by atoms with Crippen molar-refractivity contribution in [3.8, 4) is 0 Å². The first-order chi connectivity index (χ1) is 12.2. The molecule has 2 aromatic carbocycles. The number of carbonyl (C=O) groups excluding carboxylic acids is 1. The van der Waals surface area contributed by atoms with E-state index >= 15 is 0 Å². The number of benzene rings is 2. The molecule has 1 aliphatic rings. The molecule has 3 rings (SSSR count). The predicted molar refractivity (Wildman–Crippen MR) is 103 cm³/mol. The summed E-state index contributed by atoms with van der Waals surface area (Å²) in [5.41, 5.74) is -1.01. The third kappa shape index (κ3) is 3.50. The van der Waals surface area contributed by atoms with E-state index in [9.17, 15) is 13.2 Å². The number of amides is 1. The molecule has 1 aliphatic heterocycles. The van der Waals surface area contributed by atoms with Gasteiger partial charge in [0.05, 0.1) is 14.9 Å². The van der Waals surface area contributed by atoms with E-state index in [1.54, 1.807) is 30.3 Å². The Hall–Kier alpha value is -1.86.